The fraction of sp³-hybridized carbons (Fsp3) is 0.227. The van der Waals surface area contributed by atoms with Gasteiger partial charge in [-0.25, -0.2) is 9.37 Å². The van der Waals surface area contributed by atoms with Crippen molar-refractivity contribution in [1.82, 2.24) is 30.5 Å². The summed E-state index contributed by atoms with van der Waals surface area (Å²) in [6.45, 7) is 0.658. The van der Waals surface area contributed by atoms with Gasteiger partial charge in [0, 0.05) is 42.9 Å². The van der Waals surface area contributed by atoms with Crippen molar-refractivity contribution in [1.29, 1.82) is 0 Å². The van der Waals surface area contributed by atoms with E-state index in [1.54, 1.807) is 17.0 Å². The molecule has 1 saturated heterocycles. The van der Waals surface area contributed by atoms with Gasteiger partial charge in [-0.1, -0.05) is 35.5 Å². The van der Waals surface area contributed by atoms with Crippen molar-refractivity contribution in [3.63, 3.8) is 0 Å². The highest BCUT2D eigenvalue weighted by atomic mass is 19.1. The lowest BCUT2D eigenvalue weighted by molar-refractivity contribution is -0.0278. The summed E-state index contributed by atoms with van der Waals surface area (Å²) in [5.74, 6) is -0.367. The highest BCUT2D eigenvalue weighted by Crippen LogP contribution is 2.32. The number of benzene rings is 2. The van der Waals surface area contributed by atoms with E-state index in [4.69, 9.17) is 0 Å². The van der Waals surface area contributed by atoms with Crippen molar-refractivity contribution in [3.05, 3.63) is 71.8 Å². The van der Waals surface area contributed by atoms with E-state index in [-0.39, 0.29) is 11.7 Å². The molecular formula is C22H19FN6O2. The Morgan fingerprint density at radius 3 is 2.58 bits per heavy atom. The number of nitrogens with one attached hydrogen (secondary N) is 1. The maximum atomic E-state index is 13.9. The number of carbonyl (C=O) groups is 1. The Hall–Kier alpha value is -3.72. The van der Waals surface area contributed by atoms with E-state index < -0.39 is 11.4 Å². The lowest BCUT2D eigenvalue weighted by atomic mass is 9.90. The van der Waals surface area contributed by atoms with Crippen LogP contribution in [0.4, 0.5) is 4.39 Å². The minimum Gasteiger partial charge on any atom is -0.382 e. The van der Waals surface area contributed by atoms with Crippen molar-refractivity contribution in [2.24, 2.45) is 0 Å². The number of halogens is 1. The molecule has 0 unspecified atom stereocenters. The molecule has 0 aliphatic carbocycles. The number of H-pyrrole nitrogens is 1. The fourth-order valence-corrected chi connectivity index (χ4v) is 3.97. The number of rotatable bonds is 3. The molecule has 0 bridgehead atoms. The smallest absolute Gasteiger partial charge is 0.254 e. The second kappa shape index (κ2) is 7.51. The van der Waals surface area contributed by atoms with Gasteiger partial charge in [0.25, 0.3) is 5.91 Å². The second-order valence-electron chi connectivity index (χ2n) is 7.64. The number of carbonyl (C=O) groups excluding carboxylic acids is 1. The summed E-state index contributed by atoms with van der Waals surface area (Å²) in [7, 11) is 0. The van der Waals surface area contributed by atoms with Crippen LogP contribution in [0.15, 0.2) is 54.6 Å². The highest BCUT2D eigenvalue weighted by molar-refractivity contribution is 6.07. The number of pyridine rings is 1. The lowest BCUT2D eigenvalue weighted by Crippen LogP contribution is -2.45. The number of likely N-dealkylation sites (tertiary alicyclic amines) is 1. The van der Waals surface area contributed by atoms with Gasteiger partial charge in [-0.3, -0.25) is 4.79 Å². The average Bonchev–Trinajstić information content (AvgIpc) is 3.35. The monoisotopic (exact) mass is 418 g/mol. The Kier molecular flexibility index (Phi) is 4.67. The zero-order valence-electron chi connectivity index (χ0n) is 16.5. The summed E-state index contributed by atoms with van der Waals surface area (Å²) in [6.07, 6.45) is 0.586. The van der Waals surface area contributed by atoms with Gasteiger partial charge in [0.15, 0.2) is 0 Å². The van der Waals surface area contributed by atoms with Crippen molar-refractivity contribution >= 4 is 16.8 Å². The number of tetrazole rings is 1. The molecule has 1 aliphatic rings. The Morgan fingerprint density at radius 1 is 1.10 bits per heavy atom. The fourth-order valence-electron chi connectivity index (χ4n) is 3.97. The maximum absolute atomic E-state index is 13.9. The molecule has 0 atom stereocenters. The van der Waals surface area contributed by atoms with Crippen molar-refractivity contribution in [3.8, 4) is 11.3 Å². The van der Waals surface area contributed by atoms with E-state index in [1.165, 1.54) is 12.1 Å². The molecule has 0 radical (unpaired) electrons. The maximum Gasteiger partial charge on any atom is 0.254 e. The van der Waals surface area contributed by atoms with Crippen molar-refractivity contribution < 1.29 is 14.3 Å². The summed E-state index contributed by atoms with van der Waals surface area (Å²) in [5, 5.41) is 25.0. The first kappa shape index (κ1) is 19.3. The molecule has 2 aromatic heterocycles. The van der Waals surface area contributed by atoms with Crippen LogP contribution < -0.4 is 0 Å². The van der Waals surface area contributed by atoms with E-state index in [2.05, 4.69) is 25.6 Å². The summed E-state index contributed by atoms with van der Waals surface area (Å²) >= 11 is 0. The van der Waals surface area contributed by atoms with Gasteiger partial charge in [-0.05, 0) is 18.2 Å². The zero-order chi connectivity index (χ0) is 21.4. The van der Waals surface area contributed by atoms with Crippen molar-refractivity contribution in [2.45, 2.75) is 18.4 Å². The normalized spacial score (nSPS) is 15.9. The Balaban J connectivity index is 1.50. The van der Waals surface area contributed by atoms with Crippen LogP contribution in [-0.4, -0.2) is 54.6 Å². The number of hydrogen-bond acceptors (Lipinski definition) is 6. The van der Waals surface area contributed by atoms with E-state index >= 15 is 0 Å². The Morgan fingerprint density at radius 2 is 1.87 bits per heavy atom. The van der Waals surface area contributed by atoms with E-state index in [1.807, 2.05) is 30.3 Å². The summed E-state index contributed by atoms with van der Waals surface area (Å²) in [5.41, 5.74) is 1.09. The first-order chi connectivity index (χ1) is 15.0. The van der Waals surface area contributed by atoms with Gasteiger partial charge in [-0.2, -0.15) is 5.21 Å². The molecule has 156 valence electrons. The van der Waals surface area contributed by atoms with Gasteiger partial charge in [0.1, 0.15) is 11.4 Å². The number of aliphatic hydroxyl groups is 1. The number of amides is 1. The molecule has 2 N–H and O–H groups in total. The topological polar surface area (TPSA) is 108 Å². The minimum absolute atomic E-state index is 0.189. The quantitative estimate of drug-likeness (QED) is 0.530. The molecule has 4 aromatic rings. The number of aromatic amines is 1. The van der Waals surface area contributed by atoms with Crippen LogP contribution in [0.3, 0.4) is 0 Å². The predicted molar refractivity (Wildman–Crippen MR) is 110 cm³/mol. The molecule has 2 aromatic carbocycles. The number of piperidine rings is 1. The molecule has 31 heavy (non-hydrogen) atoms. The van der Waals surface area contributed by atoms with Gasteiger partial charge in [0.2, 0.25) is 5.82 Å². The summed E-state index contributed by atoms with van der Waals surface area (Å²) in [4.78, 5) is 19.7. The van der Waals surface area contributed by atoms with Crippen LogP contribution in [0.2, 0.25) is 0 Å². The minimum atomic E-state index is -1.22. The average molecular weight is 418 g/mol. The van der Waals surface area contributed by atoms with Gasteiger partial charge < -0.3 is 10.0 Å². The first-order valence-electron chi connectivity index (χ1n) is 9.95. The lowest BCUT2D eigenvalue weighted by Gasteiger charge is -2.36. The zero-order valence-corrected chi connectivity index (χ0v) is 16.5. The highest BCUT2D eigenvalue weighted by Gasteiger charge is 2.39. The van der Waals surface area contributed by atoms with Crippen LogP contribution in [0.1, 0.15) is 29.0 Å². The number of aromatic nitrogens is 5. The number of hydrogen-bond donors (Lipinski definition) is 2. The van der Waals surface area contributed by atoms with Crippen LogP contribution in [0.5, 0.6) is 0 Å². The molecular weight excluding hydrogens is 399 g/mol. The molecule has 1 amide bonds. The molecule has 0 saturated carbocycles. The van der Waals surface area contributed by atoms with Gasteiger partial charge in [-0.15, -0.1) is 10.2 Å². The molecule has 1 fully saturated rings. The molecule has 5 rings (SSSR count). The van der Waals surface area contributed by atoms with Crippen LogP contribution in [-0.2, 0) is 5.60 Å². The number of fused-ring (bicyclic) bond motifs is 1. The SMILES string of the molecule is O=C(c1cc(-c2ccccc2)nc2cc(F)ccc12)N1CCC(O)(c2nn[nH]n2)CC1. The third kappa shape index (κ3) is 3.53. The predicted octanol–water partition coefficient (Wildman–Crippen LogP) is 2.68. The van der Waals surface area contributed by atoms with E-state index in [0.29, 0.717) is 48.1 Å². The second-order valence-corrected chi connectivity index (χ2v) is 7.64. The third-order valence-corrected chi connectivity index (χ3v) is 5.71. The third-order valence-electron chi connectivity index (χ3n) is 5.71. The van der Waals surface area contributed by atoms with Crippen molar-refractivity contribution in [2.75, 3.05) is 13.1 Å². The molecule has 1 aliphatic heterocycles. The molecule has 0 spiro atoms. The first-order valence-corrected chi connectivity index (χ1v) is 9.95. The van der Waals surface area contributed by atoms with Crippen LogP contribution in [0.25, 0.3) is 22.2 Å². The standard InChI is InChI=1S/C22H19FN6O2/c23-15-6-7-16-17(13-18(24-19(16)12-15)14-4-2-1-3-5-14)20(30)29-10-8-22(31,9-11-29)21-25-27-28-26-21/h1-7,12-13,31H,8-11H2,(H,25,26,27,28). The van der Waals surface area contributed by atoms with Gasteiger partial charge >= 0.3 is 0 Å². The number of nitrogens with zero attached hydrogens (tertiary/aromatic N) is 5. The van der Waals surface area contributed by atoms with Crippen LogP contribution >= 0.6 is 0 Å². The molecule has 9 heteroatoms. The Bertz CT molecular complexity index is 1240. The van der Waals surface area contributed by atoms with E-state index in [9.17, 15) is 14.3 Å². The van der Waals surface area contributed by atoms with Gasteiger partial charge in [0.05, 0.1) is 16.8 Å². The largest absolute Gasteiger partial charge is 0.382 e. The summed E-state index contributed by atoms with van der Waals surface area (Å²) in [6, 6.07) is 15.5. The Labute approximate surface area is 176 Å². The summed E-state index contributed by atoms with van der Waals surface area (Å²) < 4.78 is 13.9. The van der Waals surface area contributed by atoms with Crippen LogP contribution in [0, 0.1) is 5.82 Å². The molecule has 3 heterocycles. The van der Waals surface area contributed by atoms with E-state index in [0.717, 1.165) is 5.56 Å². The molecule has 8 nitrogen and oxygen atoms in total.